The summed E-state index contributed by atoms with van der Waals surface area (Å²) in [5, 5.41) is 2.55. The van der Waals surface area contributed by atoms with E-state index in [-0.39, 0.29) is 5.41 Å². The lowest BCUT2D eigenvalue weighted by atomic mass is 9.81. The summed E-state index contributed by atoms with van der Waals surface area (Å²) in [5.74, 6) is 1.89. The van der Waals surface area contributed by atoms with Crippen molar-refractivity contribution in [2.24, 2.45) is 0 Å². The molecular weight excluding hydrogens is 524 g/mol. The van der Waals surface area contributed by atoms with Crippen LogP contribution in [0.15, 0.2) is 134 Å². The molecule has 0 amide bonds. The molecule has 0 spiro atoms. The molecule has 8 rings (SSSR count). The quantitative estimate of drug-likeness (QED) is 0.218. The number of aromatic nitrogens is 4. The molecule has 0 N–H and O–H groups in total. The molecule has 2 heterocycles. The van der Waals surface area contributed by atoms with E-state index >= 15 is 0 Å². The summed E-state index contributed by atoms with van der Waals surface area (Å²) in [4.78, 5) is 19.7. The van der Waals surface area contributed by atoms with E-state index < -0.39 is 0 Å². The number of pyridine rings is 1. The van der Waals surface area contributed by atoms with Gasteiger partial charge < -0.3 is 0 Å². The minimum absolute atomic E-state index is 0.153. The summed E-state index contributed by atoms with van der Waals surface area (Å²) in [6.07, 6.45) is 1.85. The molecule has 0 saturated carbocycles. The Bertz CT molecular complexity index is 2130. The average Bonchev–Trinajstić information content (AvgIpc) is 3.31. The highest BCUT2D eigenvalue weighted by molar-refractivity contribution is 6.02. The number of hydrogen-bond donors (Lipinski definition) is 0. The summed E-state index contributed by atoms with van der Waals surface area (Å²) in [7, 11) is 0. The van der Waals surface area contributed by atoms with E-state index in [0.717, 1.165) is 27.9 Å². The van der Waals surface area contributed by atoms with Crippen LogP contribution < -0.4 is 0 Å². The lowest BCUT2D eigenvalue weighted by molar-refractivity contribution is 0.661. The second-order valence-corrected chi connectivity index (χ2v) is 11.6. The zero-order chi connectivity index (χ0) is 29.0. The van der Waals surface area contributed by atoms with Crippen LogP contribution in [0, 0.1) is 0 Å². The maximum atomic E-state index is 5.01. The summed E-state index contributed by atoms with van der Waals surface area (Å²) in [6.45, 7) is 4.62. The van der Waals surface area contributed by atoms with Gasteiger partial charge in [0, 0.05) is 33.9 Å². The highest BCUT2D eigenvalue weighted by Gasteiger charge is 2.36. The van der Waals surface area contributed by atoms with Gasteiger partial charge in [-0.2, -0.15) is 0 Å². The average molecular weight is 553 g/mol. The van der Waals surface area contributed by atoms with Crippen molar-refractivity contribution >= 4 is 10.8 Å². The summed E-state index contributed by atoms with van der Waals surface area (Å²) in [6, 6.07) is 44.2. The molecule has 0 aliphatic heterocycles. The van der Waals surface area contributed by atoms with Crippen molar-refractivity contribution in [1.82, 2.24) is 19.9 Å². The van der Waals surface area contributed by atoms with E-state index in [9.17, 15) is 0 Å². The first kappa shape index (κ1) is 25.2. The van der Waals surface area contributed by atoms with Gasteiger partial charge in [-0.25, -0.2) is 15.0 Å². The molecule has 5 aromatic carbocycles. The van der Waals surface area contributed by atoms with Crippen LogP contribution in [0.1, 0.15) is 25.0 Å². The first-order valence-electron chi connectivity index (χ1n) is 14.6. The normalized spacial score (nSPS) is 13.1. The topological polar surface area (TPSA) is 51.6 Å². The van der Waals surface area contributed by atoms with Crippen LogP contribution in [0.5, 0.6) is 0 Å². The molecule has 4 nitrogen and oxygen atoms in total. The molecule has 0 unspecified atom stereocenters. The Morgan fingerprint density at radius 3 is 1.84 bits per heavy atom. The number of hydrogen-bond acceptors (Lipinski definition) is 4. The molecule has 0 fully saturated rings. The number of rotatable bonds is 4. The molecule has 0 saturated heterocycles. The lowest BCUT2D eigenvalue weighted by Crippen LogP contribution is -2.15. The number of benzene rings is 5. The van der Waals surface area contributed by atoms with Crippen molar-refractivity contribution in [1.29, 1.82) is 0 Å². The van der Waals surface area contributed by atoms with Crippen LogP contribution >= 0.6 is 0 Å². The second-order valence-electron chi connectivity index (χ2n) is 11.6. The van der Waals surface area contributed by atoms with E-state index in [2.05, 4.69) is 80.6 Å². The Hall–Kier alpha value is -5.48. The van der Waals surface area contributed by atoms with Crippen molar-refractivity contribution in [2.45, 2.75) is 19.3 Å². The monoisotopic (exact) mass is 552 g/mol. The SMILES string of the molecule is CC1(C)c2cc(-c3nc(-c4ccccc4)nc(-c4ccc(-c5ccccc5)nc4)n3)ccc2-c2c1ccc1ccccc21. The van der Waals surface area contributed by atoms with Crippen LogP contribution in [-0.4, -0.2) is 19.9 Å². The lowest BCUT2D eigenvalue weighted by Gasteiger charge is -2.22. The Balaban J connectivity index is 1.27. The number of nitrogens with zero attached hydrogens (tertiary/aromatic N) is 4. The molecule has 43 heavy (non-hydrogen) atoms. The van der Waals surface area contributed by atoms with Crippen molar-refractivity contribution < 1.29 is 0 Å². The molecule has 0 atom stereocenters. The van der Waals surface area contributed by atoms with Gasteiger partial charge >= 0.3 is 0 Å². The highest BCUT2D eigenvalue weighted by atomic mass is 15.0. The van der Waals surface area contributed by atoms with Gasteiger partial charge in [-0.1, -0.05) is 123 Å². The van der Waals surface area contributed by atoms with Gasteiger partial charge in [-0.3, -0.25) is 4.98 Å². The van der Waals surface area contributed by atoms with Crippen molar-refractivity contribution in [3.63, 3.8) is 0 Å². The maximum Gasteiger partial charge on any atom is 0.165 e. The molecule has 0 bridgehead atoms. The first-order valence-corrected chi connectivity index (χ1v) is 14.6. The largest absolute Gasteiger partial charge is 0.255 e. The minimum atomic E-state index is -0.153. The van der Waals surface area contributed by atoms with E-state index in [1.165, 1.54) is 33.0 Å². The molecule has 204 valence electrons. The van der Waals surface area contributed by atoms with E-state index in [4.69, 9.17) is 19.9 Å². The van der Waals surface area contributed by atoms with Crippen LogP contribution in [0.4, 0.5) is 0 Å². The molecular formula is C39H28N4. The van der Waals surface area contributed by atoms with Gasteiger partial charge in [0.15, 0.2) is 17.5 Å². The number of fused-ring (bicyclic) bond motifs is 5. The Kier molecular flexibility index (Phi) is 5.76. The van der Waals surface area contributed by atoms with Gasteiger partial charge in [0.2, 0.25) is 0 Å². The van der Waals surface area contributed by atoms with Crippen molar-refractivity contribution in [2.75, 3.05) is 0 Å². The van der Waals surface area contributed by atoms with Gasteiger partial charge in [-0.05, 0) is 51.2 Å². The minimum Gasteiger partial charge on any atom is -0.255 e. The Labute approximate surface area is 250 Å². The van der Waals surface area contributed by atoms with Gasteiger partial charge in [-0.15, -0.1) is 0 Å². The van der Waals surface area contributed by atoms with Crippen molar-refractivity contribution in [3.8, 4) is 56.5 Å². The first-order chi connectivity index (χ1) is 21.1. The fourth-order valence-electron chi connectivity index (χ4n) is 6.30. The zero-order valence-electron chi connectivity index (χ0n) is 24.0. The summed E-state index contributed by atoms with van der Waals surface area (Å²) >= 11 is 0. The van der Waals surface area contributed by atoms with Crippen LogP contribution in [0.3, 0.4) is 0 Å². The third-order valence-corrected chi connectivity index (χ3v) is 8.58. The maximum absolute atomic E-state index is 5.01. The third-order valence-electron chi connectivity index (χ3n) is 8.58. The van der Waals surface area contributed by atoms with Gasteiger partial charge in [0.1, 0.15) is 0 Å². The molecule has 4 heteroatoms. The summed E-state index contributed by atoms with van der Waals surface area (Å²) < 4.78 is 0. The molecule has 2 aromatic heterocycles. The highest BCUT2D eigenvalue weighted by Crippen LogP contribution is 2.52. The van der Waals surface area contributed by atoms with E-state index in [0.29, 0.717) is 17.5 Å². The molecule has 7 aromatic rings. The molecule has 1 aliphatic carbocycles. The smallest absolute Gasteiger partial charge is 0.165 e. The summed E-state index contributed by atoms with van der Waals surface area (Å²) in [5.41, 5.74) is 9.84. The molecule has 1 aliphatic rings. The van der Waals surface area contributed by atoms with E-state index in [1.807, 2.05) is 66.9 Å². The van der Waals surface area contributed by atoms with Crippen LogP contribution in [0.2, 0.25) is 0 Å². The van der Waals surface area contributed by atoms with Gasteiger partial charge in [0.05, 0.1) is 5.69 Å². The fourth-order valence-corrected chi connectivity index (χ4v) is 6.30. The van der Waals surface area contributed by atoms with Crippen LogP contribution in [-0.2, 0) is 5.41 Å². The third kappa shape index (κ3) is 4.22. The molecule has 0 radical (unpaired) electrons. The predicted octanol–water partition coefficient (Wildman–Crippen LogP) is 9.39. The second kappa shape index (κ2) is 9.81. The van der Waals surface area contributed by atoms with Crippen molar-refractivity contribution in [3.05, 3.63) is 145 Å². The van der Waals surface area contributed by atoms with Gasteiger partial charge in [0.25, 0.3) is 0 Å². The predicted molar refractivity (Wildman–Crippen MR) is 174 cm³/mol. The Morgan fingerprint density at radius 2 is 1.12 bits per heavy atom. The Morgan fingerprint density at radius 1 is 0.488 bits per heavy atom. The van der Waals surface area contributed by atoms with E-state index in [1.54, 1.807) is 0 Å². The fraction of sp³-hybridized carbons (Fsp3) is 0.0769. The van der Waals surface area contributed by atoms with Crippen LogP contribution in [0.25, 0.3) is 67.3 Å². The zero-order valence-corrected chi connectivity index (χ0v) is 24.0. The standard InChI is InChI=1S/C39H28N4/c1-39(2)32-21-18-25-11-9-10-16-30(25)35(32)31-20-17-28(23-33(31)39)37-41-36(27-14-7-4-8-15-27)42-38(43-37)29-19-22-34(40-24-29)26-12-5-3-6-13-26/h3-24H,1-2H3.